The quantitative estimate of drug-likeness (QED) is 0.409. The summed E-state index contributed by atoms with van der Waals surface area (Å²) in [6, 6.07) is 0. The summed E-state index contributed by atoms with van der Waals surface area (Å²) in [6.07, 6.45) is 2.46. The third-order valence-corrected chi connectivity index (χ3v) is 1.45. The van der Waals surface area contributed by atoms with Crippen molar-refractivity contribution in [2.24, 2.45) is 0 Å². The van der Waals surface area contributed by atoms with Crippen molar-refractivity contribution in [3.63, 3.8) is 0 Å². The summed E-state index contributed by atoms with van der Waals surface area (Å²) < 4.78 is 0. The van der Waals surface area contributed by atoms with E-state index in [1.54, 1.807) is 0 Å². The average Bonchev–Trinajstić information content (AvgIpc) is 2.62. The van der Waals surface area contributed by atoms with Gasteiger partial charge in [0.05, 0.1) is 4.92 Å². The van der Waals surface area contributed by atoms with Crippen molar-refractivity contribution >= 4 is 11.6 Å². The van der Waals surface area contributed by atoms with E-state index in [0.29, 0.717) is 0 Å². The lowest BCUT2D eigenvalue weighted by Gasteiger charge is -1.97. The standard InChI is InChI=1S/C7H8N4O3/c1-2-3-8-7(12)6-5(11(13)14)4-9-10-6/h2,4H,1,3H2,(H,8,12)(H,9,10). The molecule has 0 fully saturated rings. The van der Waals surface area contributed by atoms with Crippen molar-refractivity contribution in [3.05, 3.63) is 34.7 Å². The second-order valence-corrected chi connectivity index (χ2v) is 2.39. The highest BCUT2D eigenvalue weighted by molar-refractivity contribution is 5.96. The van der Waals surface area contributed by atoms with Gasteiger partial charge in [-0.1, -0.05) is 6.08 Å². The van der Waals surface area contributed by atoms with E-state index < -0.39 is 10.8 Å². The number of hydrogen-bond donors (Lipinski definition) is 2. The van der Waals surface area contributed by atoms with Gasteiger partial charge in [-0.15, -0.1) is 6.58 Å². The Hall–Kier alpha value is -2.18. The molecule has 0 spiro atoms. The van der Waals surface area contributed by atoms with Crippen LogP contribution in [0.5, 0.6) is 0 Å². The van der Waals surface area contributed by atoms with Crippen LogP contribution in [0.2, 0.25) is 0 Å². The van der Waals surface area contributed by atoms with Gasteiger partial charge in [-0.25, -0.2) is 0 Å². The van der Waals surface area contributed by atoms with Gasteiger partial charge in [-0.2, -0.15) is 5.10 Å². The minimum absolute atomic E-state index is 0.156. The summed E-state index contributed by atoms with van der Waals surface area (Å²) >= 11 is 0. The van der Waals surface area contributed by atoms with Gasteiger partial charge < -0.3 is 5.32 Å². The molecule has 0 radical (unpaired) electrons. The summed E-state index contributed by atoms with van der Waals surface area (Å²) in [5.74, 6) is -0.575. The Morgan fingerprint density at radius 2 is 2.57 bits per heavy atom. The molecule has 0 unspecified atom stereocenters. The van der Waals surface area contributed by atoms with E-state index in [1.165, 1.54) is 6.08 Å². The Bertz CT molecular complexity index is 371. The maximum absolute atomic E-state index is 11.3. The number of rotatable bonds is 4. The number of nitrogens with one attached hydrogen (secondary N) is 2. The molecule has 74 valence electrons. The number of carbonyl (C=O) groups excluding carboxylic acids is 1. The van der Waals surface area contributed by atoms with E-state index in [2.05, 4.69) is 22.1 Å². The summed E-state index contributed by atoms with van der Waals surface area (Å²) in [7, 11) is 0. The molecule has 1 amide bonds. The van der Waals surface area contributed by atoms with Crippen LogP contribution in [-0.4, -0.2) is 27.6 Å². The first kappa shape index (κ1) is 9.90. The highest BCUT2D eigenvalue weighted by Crippen LogP contribution is 2.13. The second kappa shape index (κ2) is 4.17. The van der Waals surface area contributed by atoms with Gasteiger partial charge in [0.15, 0.2) is 0 Å². The van der Waals surface area contributed by atoms with Crippen LogP contribution in [0.3, 0.4) is 0 Å². The van der Waals surface area contributed by atoms with Crippen LogP contribution in [0.1, 0.15) is 10.5 Å². The Balaban J connectivity index is 2.84. The first-order valence-electron chi connectivity index (χ1n) is 3.73. The molecule has 7 heteroatoms. The van der Waals surface area contributed by atoms with Gasteiger partial charge in [-0.05, 0) is 0 Å². The van der Waals surface area contributed by atoms with Gasteiger partial charge in [0.1, 0.15) is 6.20 Å². The number of H-pyrrole nitrogens is 1. The summed E-state index contributed by atoms with van der Waals surface area (Å²) in [6.45, 7) is 3.64. The minimum Gasteiger partial charge on any atom is -0.347 e. The molecule has 1 aromatic heterocycles. The summed E-state index contributed by atoms with van der Waals surface area (Å²) in [4.78, 5) is 21.0. The first-order valence-corrected chi connectivity index (χ1v) is 3.73. The lowest BCUT2D eigenvalue weighted by Crippen LogP contribution is -2.24. The van der Waals surface area contributed by atoms with Crippen molar-refractivity contribution in [2.75, 3.05) is 6.54 Å². The van der Waals surface area contributed by atoms with E-state index >= 15 is 0 Å². The molecule has 0 aliphatic rings. The fourth-order valence-corrected chi connectivity index (χ4v) is 0.839. The molecule has 0 bridgehead atoms. The van der Waals surface area contributed by atoms with Crippen molar-refractivity contribution in [3.8, 4) is 0 Å². The maximum Gasteiger partial charge on any atom is 0.319 e. The fraction of sp³-hybridized carbons (Fsp3) is 0.143. The van der Waals surface area contributed by atoms with Crippen LogP contribution in [0, 0.1) is 10.1 Å². The van der Waals surface area contributed by atoms with Crippen LogP contribution < -0.4 is 5.32 Å². The van der Waals surface area contributed by atoms with Gasteiger partial charge in [-0.3, -0.25) is 20.0 Å². The van der Waals surface area contributed by atoms with E-state index in [0.717, 1.165) is 6.20 Å². The number of aromatic amines is 1. The zero-order valence-corrected chi connectivity index (χ0v) is 7.19. The number of amides is 1. The van der Waals surface area contributed by atoms with Crippen molar-refractivity contribution < 1.29 is 9.72 Å². The van der Waals surface area contributed by atoms with Crippen LogP contribution in [0.25, 0.3) is 0 Å². The molecular weight excluding hydrogens is 188 g/mol. The van der Waals surface area contributed by atoms with Crippen molar-refractivity contribution in [1.29, 1.82) is 0 Å². The third kappa shape index (κ3) is 1.94. The van der Waals surface area contributed by atoms with E-state index in [9.17, 15) is 14.9 Å². The predicted octanol–water partition coefficient (Wildman–Crippen LogP) is 0.234. The molecule has 0 atom stereocenters. The van der Waals surface area contributed by atoms with E-state index in [4.69, 9.17) is 0 Å². The summed E-state index contributed by atoms with van der Waals surface area (Å²) in [5.41, 5.74) is -0.497. The SMILES string of the molecule is C=CCNC(=O)c1[nH]ncc1[N+](=O)[O-]. The van der Waals surface area contributed by atoms with Gasteiger partial charge in [0.2, 0.25) is 5.69 Å². The Morgan fingerprint density at radius 3 is 3.14 bits per heavy atom. The Labute approximate surface area is 79.0 Å². The van der Waals surface area contributed by atoms with Gasteiger partial charge in [0.25, 0.3) is 5.91 Å². The van der Waals surface area contributed by atoms with Crippen LogP contribution in [0.15, 0.2) is 18.9 Å². The topological polar surface area (TPSA) is 101 Å². The van der Waals surface area contributed by atoms with Crippen molar-refractivity contribution in [1.82, 2.24) is 15.5 Å². The molecule has 0 saturated carbocycles. The van der Waals surface area contributed by atoms with Crippen LogP contribution in [-0.2, 0) is 0 Å². The average molecular weight is 196 g/mol. The molecule has 2 N–H and O–H groups in total. The maximum atomic E-state index is 11.3. The Morgan fingerprint density at radius 1 is 1.86 bits per heavy atom. The second-order valence-electron chi connectivity index (χ2n) is 2.39. The molecule has 7 nitrogen and oxygen atoms in total. The number of nitrogens with zero attached hydrogens (tertiary/aromatic N) is 2. The molecule has 1 aromatic rings. The van der Waals surface area contributed by atoms with Crippen LogP contribution in [0.4, 0.5) is 5.69 Å². The first-order chi connectivity index (χ1) is 6.66. The molecule has 1 rings (SSSR count). The zero-order valence-electron chi connectivity index (χ0n) is 7.19. The highest BCUT2D eigenvalue weighted by Gasteiger charge is 2.21. The third-order valence-electron chi connectivity index (χ3n) is 1.45. The molecular formula is C7H8N4O3. The van der Waals surface area contributed by atoms with E-state index in [-0.39, 0.29) is 17.9 Å². The lowest BCUT2D eigenvalue weighted by molar-refractivity contribution is -0.385. The van der Waals surface area contributed by atoms with Gasteiger partial charge >= 0.3 is 5.69 Å². The molecule has 0 saturated heterocycles. The molecule has 14 heavy (non-hydrogen) atoms. The zero-order chi connectivity index (χ0) is 10.6. The van der Waals surface area contributed by atoms with Gasteiger partial charge in [0, 0.05) is 6.54 Å². The number of aromatic nitrogens is 2. The normalized spacial score (nSPS) is 9.43. The summed E-state index contributed by atoms with van der Waals surface area (Å²) in [5, 5.41) is 18.5. The number of nitro groups is 1. The van der Waals surface area contributed by atoms with Crippen LogP contribution >= 0.6 is 0 Å². The minimum atomic E-state index is -0.674. The molecule has 0 aromatic carbocycles. The molecule has 1 heterocycles. The van der Waals surface area contributed by atoms with E-state index in [1.807, 2.05) is 0 Å². The monoisotopic (exact) mass is 196 g/mol. The lowest BCUT2D eigenvalue weighted by atomic mass is 10.3. The molecule has 0 aliphatic carbocycles. The smallest absolute Gasteiger partial charge is 0.319 e. The highest BCUT2D eigenvalue weighted by atomic mass is 16.6. The van der Waals surface area contributed by atoms with Crippen molar-refractivity contribution in [2.45, 2.75) is 0 Å². The number of hydrogen-bond acceptors (Lipinski definition) is 4. The Kier molecular flexibility index (Phi) is 2.95. The predicted molar refractivity (Wildman–Crippen MR) is 47.8 cm³/mol. The fourth-order valence-electron chi connectivity index (χ4n) is 0.839. The molecule has 0 aliphatic heterocycles. The number of carbonyl (C=O) groups is 1. The largest absolute Gasteiger partial charge is 0.347 e.